The summed E-state index contributed by atoms with van der Waals surface area (Å²) >= 11 is 0. The zero-order valence-corrected chi connectivity index (χ0v) is 27.0. The molecule has 3 rings (SSSR count). The minimum atomic E-state index is -1.71. The van der Waals surface area contributed by atoms with Gasteiger partial charge >= 0.3 is 36.7 Å². The fraction of sp³-hybridized carbons (Fsp3) is 0.586. The van der Waals surface area contributed by atoms with Crippen LogP contribution in [0.4, 0.5) is 24.0 Å². The van der Waals surface area contributed by atoms with Gasteiger partial charge in [-0.2, -0.15) is 0 Å². The zero-order valence-electron chi connectivity index (χ0n) is 27.0. The van der Waals surface area contributed by atoms with Gasteiger partial charge in [0.1, 0.15) is 18.8 Å². The number of carbonyl (C=O) groups excluding carboxylic acids is 6. The van der Waals surface area contributed by atoms with Crippen LogP contribution in [-0.2, 0) is 47.4 Å². The molecule has 0 aromatic heterocycles. The lowest BCUT2D eigenvalue weighted by molar-refractivity contribution is -0.241. The number of fused-ring (bicyclic) bond motifs is 3. The highest BCUT2D eigenvalue weighted by atomic mass is 16.8. The van der Waals surface area contributed by atoms with Crippen LogP contribution in [0, 0.1) is 0 Å². The number of hydrogen-bond donors (Lipinski definition) is 0. The summed E-state index contributed by atoms with van der Waals surface area (Å²) in [6.45, 7) is 6.41. The molecule has 19 nitrogen and oxygen atoms in total. The molecule has 0 bridgehead atoms. The molecule has 266 valence electrons. The van der Waals surface area contributed by atoms with Gasteiger partial charge in [0, 0.05) is 11.6 Å². The first-order valence-corrected chi connectivity index (χ1v) is 14.8. The molecule has 1 aromatic carbocycles. The molecule has 0 N–H and O–H groups in total. The van der Waals surface area contributed by atoms with Gasteiger partial charge in [0.25, 0.3) is 0 Å². The second-order valence-corrected chi connectivity index (χ2v) is 9.26. The van der Waals surface area contributed by atoms with Crippen molar-refractivity contribution in [2.24, 2.45) is 0 Å². The van der Waals surface area contributed by atoms with Crippen molar-refractivity contribution in [1.29, 1.82) is 0 Å². The molecule has 0 aliphatic carbocycles. The first kappa shape index (κ1) is 37.3. The van der Waals surface area contributed by atoms with E-state index in [0.717, 1.165) is 13.2 Å². The van der Waals surface area contributed by atoms with Crippen LogP contribution in [0.1, 0.15) is 56.6 Å². The Morgan fingerprint density at radius 1 is 0.667 bits per heavy atom. The minimum Gasteiger partial charge on any atom is -0.490 e. The fourth-order valence-corrected chi connectivity index (χ4v) is 4.63. The van der Waals surface area contributed by atoms with Crippen LogP contribution in [-0.4, -0.2) is 108 Å². The number of benzene rings is 1. The Bertz CT molecular complexity index is 1340. The van der Waals surface area contributed by atoms with Crippen molar-refractivity contribution in [3.05, 3.63) is 17.2 Å². The molecular weight excluding hydrogens is 652 g/mol. The van der Waals surface area contributed by atoms with Crippen LogP contribution in [0.15, 0.2) is 6.07 Å². The average molecular weight is 689 g/mol. The predicted molar refractivity (Wildman–Crippen MR) is 152 cm³/mol. The lowest BCUT2D eigenvalue weighted by Crippen LogP contribution is -2.61. The normalized spacial score (nSPS) is 20.7. The van der Waals surface area contributed by atoms with Crippen molar-refractivity contribution >= 4 is 36.7 Å². The van der Waals surface area contributed by atoms with Crippen LogP contribution in [0.2, 0.25) is 0 Å². The third-order valence-electron chi connectivity index (χ3n) is 6.35. The van der Waals surface area contributed by atoms with Crippen molar-refractivity contribution < 1.29 is 90.3 Å². The summed E-state index contributed by atoms with van der Waals surface area (Å²) < 4.78 is 68.3. The number of esters is 1. The summed E-state index contributed by atoms with van der Waals surface area (Å²) in [7, 11) is 1.14. The van der Waals surface area contributed by atoms with E-state index in [1.54, 1.807) is 0 Å². The van der Waals surface area contributed by atoms with Crippen LogP contribution < -0.4 is 14.2 Å². The molecule has 5 atom stereocenters. The number of ether oxygens (including phenoxy) is 13. The smallest absolute Gasteiger partial charge is 0.490 e. The van der Waals surface area contributed by atoms with Crippen LogP contribution in [0.25, 0.3) is 0 Å². The zero-order chi connectivity index (χ0) is 35.4. The molecule has 2 aliphatic rings. The monoisotopic (exact) mass is 688 g/mol. The Hall–Kier alpha value is -5.20. The Kier molecular flexibility index (Phi) is 13.7. The first-order chi connectivity index (χ1) is 23.0. The van der Waals surface area contributed by atoms with Gasteiger partial charge in [0.15, 0.2) is 29.8 Å². The molecular formula is C29H36O19. The third kappa shape index (κ3) is 8.99. The van der Waals surface area contributed by atoms with Gasteiger partial charge in [-0.05, 0) is 34.6 Å². The lowest BCUT2D eigenvalue weighted by atomic mass is 9.85. The Balaban J connectivity index is 2.26. The van der Waals surface area contributed by atoms with Gasteiger partial charge in [0.05, 0.1) is 45.7 Å². The fourth-order valence-electron chi connectivity index (χ4n) is 4.63. The number of methoxy groups -OCH3 is 1. The molecule has 1 fully saturated rings. The van der Waals surface area contributed by atoms with E-state index in [0.29, 0.717) is 0 Å². The molecule has 1 saturated heterocycles. The molecule has 48 heavy (non-hydrogen) atoms. The molecule has 0 radical (unpaired) electrons. The van der Waals surface area contributed by atoms with Crippen molar-refractivity contribution in [3.8, 4) is 17.2 Å². The summed E-state index contributed by atoms with van der Waals surface area (Å²) in [5, 5.41) is 0. The maximum absolute atomic E-state index is 13.6. The highest BCUT2D eigenvalue weighted by molar-refractivity contribution is 5.96. The maximum Gasteiger partial charge on any atom is 0.513 e. The largest absolute Gasteiger partial charge is 0.513 e. The highest BCUT2D eigenvalue weighted by Gasteiger charge is 2.57. The summed E-state index contributed by atoms with van der Waals surface area (Å²) in [6, 6.07) is 1.04. The molecule has 0 unspecified atom stereocenters. The Morgan fingerprint density at radius 3 is 1.75 bits per heavy atom. The van der Waals surface area contributed by atoms with Crippen molar-refractivity contribution in [3.63, 3.8) is 0 Å². The number of rotatable bonds is 12. The maximum atomic E-state index is 13.6. The van der Waals surface area contributed by atoms with E-state index in [1.807, 2.05) is 0 Å². The van der Waals surface area contributed by atoms with Crippen LogP contribution in [0.3, 0.4) is 0 Å². The standard InChI is InChI=1S/C29H36O19/c1-7-37-25(31)42-13-16-19(46-27(33)39-9-3)22(48-29(35)41-11-5)23-21(43-16)17-14(24(30)45-23)12-15(44-26(32)38-8-2)18(36-6)20(17)47-28(34)40-10-4/h12,16,19,21-23H,7-11,13H2,1-6H3/t16-,19-,21+,22+,23+/m1/s1. The average Bonchev–Trinajstić information content (AvgIpc) is 3.02. The van der Waals surface area contributed by atoms with Gasteiger partial charge in [-0.15, -0.1) is 0 Å². The van der Waals surface area contributed by atoms with Crippen molar-refractivity contribution in [2.75, 3.05) is 46.8 Å². The van der Waals surface area contributed by atoms with Gasteiger partial charge < -0.3 is 61.6 Å². The third-order valence-corrected chi connectivity index (χ3v) is 6.35. The first-order valence-electron chi connectivity index (χ1n) is 14.8. The predicted octanol–water partition coefficient (Wildman–Crippen LogP) is 4.00. The second kappa shape index (κ2) is 17.6. The number of carbonyl (C=O) groups is 6. The van der Waals surface area contributed by atoms with Gasteiger partial charge in [-0.3, -0.25) is 0 Å². The number of hydrogen-bond acceptors (Lipinski definition) is 19. The van der Waals surface area contributed by atoms with Gasteiger partial charge in [-0.1, -0.05) is 0 Å². The van der Waals surface area contributed by atoms with E-state index in [-0.39, 0.29) is 49.9 Å². The highest BCUT2D eigenvalue weighted by Crippen LogP contribution is 2.52. The summed E-state index contributed by atoms with van der Waals surface area (Å²) in [4.78, 5) is 75.8. The van der Waals surface area contributed by atoms with E-state index >= 15 is 0 Å². The van der Waals surface area contributed by atoms with Gasteiger partial charge in [0.2, 0.25) is 5.75 Å². The molecule has 1 aromatic rings. The Morgan fingerprint density at radius 2 is 1.19 bits per heavy atom. The quantitative estimate of drug-likeness (QED) is 0.172. The lowest BCUT2D eigenvalue weighted by Gasteiger charge is -2.46. The van der Waals surface area contributed by atoms with E-state index < -0.39 is 85.4 Å². The Labute approximate surface area is 273 Å². The summed E-state index contributed by atoms with van der Waals surface area (Å²) in [5.74, 6) is -2.46. The topological polar surface area (TPSA) is 222 Å². The SMILES string of the molecule is CCOC(=O)OC[C@H]1O[C@H]2c3c(cc(OC(=O)OCC)c(OC)c3OC(=O)OCC)C(=O)O[C@@H]2[C@@H](OC(=O)OCC)[C@@H]1OC(=O)OCC. The summed E-state index contributed by atoms with van der Waals surface area (Å²) in [6.07, 6.45) is -14.1. The van der Waals surface area contributed by atoms with Crippen molar-refractivity contribution in [2.45, 2.75) is 65.1 Å². The summed E-state index contributed by atoms with van der Waals surface area (Å²) in [5.41, 5.74) is -0.592. The molecule has 0 spiro atoms. The van der Waals surface area contributed by atoms with Crippen LogP contribution >= 0.6 is 0 Å². The van der Waals surface area contributed by atoms with E-state index in [2.05, 4.69) is 0 Å². The minimum absolute atomic E-state index is 0.0414. The molecule has 19 heteroatoms. The molecule has 2 aliphatic heterocycles. The van der Waals surface area contributed by atoms with Crippen LogP contribution in [0.5, 0.6) is 17.2 Å². The van der Waals surface area contributed by atoms with Crippen molar-refractivity contribution in [1.82, 2.24) is 0 Å². The van der Waals surface area contributed by atoms with Gasteiger partial charge in [-0.25, -0.2) is 28.8 Å². The molecule has 2 heterocycles. The van der Waals surface area contributed by atoms with E-state index in [1.165, 1.54) is 34.6 Å². The van der Waals surface area contributed by atoms with E-state index in [9.17, 15) is 28.8 Å². The molecule has 0 saturated carbocycles. The molecule has 0 amide bonds. The second-order valence-electron chi connectivity index (χ2n) is 9.26. The van der Waals surface area contributed by atoms with E-state index in [4.69, 9.17) is 61.6 Å².